The molecule has 0 saturated heterocycles. The molecule has 1 N–H and O–H groups in total. The lowest BCUT2D eigenvalue weighted by molar-refractivity contribution is 0.968. The molecule has 1 heteroatoms. The van der Waals surface area contributed by atoms with Crippen LogP contribution >= 0.6 is 0 Å². The molecule has 1 nitrogen and oxygen atoms in total. The quantitative estimate of drug-likeness (QED) is 0.765. The first-order valence-corrected chi connectivity index (χ1v) is 7.93. The van der Waals surface area contributed by atoms with Gasteiger partial charge in [0.15, 0.2) is 0 Å². The lowest BCUT2D eigenvalue weighted by Gasteiger charge is -2.16. The fourth-order valence-corrected chi connectivity index (χ4v) is 3.28. The van der Waals surface area contributed by atoms with Crippen molar-refractivity contribution < 1.29 is 0 Å². The third-order valence-corrected chi connectivity index (χ3v) is 4.52. The summed E-state index contributed by atoms with van der Waals surface area (Å²) in [5.74, 6) is 0.498. The molecular formula is C21H23N. The van der Waals surface area contributed by atoms with E-state index in [0.29, 0.717) is 5.92 Å². The molecule has 2 aromatic carbocycles. The van der Waals surface area contributed by atoms with Gasteiger partial charge in [0.2, 0.25) is 0 Å². The Labute approximate surface area is 133 Å². The van der Waals surface area contributed by atoms with E-state index in [4.69, 9.17) is 0 Å². The molecule has 0 saturated carbocycles. The van der Waals surface area contributed by atoms with Crippen LogP contribution in [0, 0.1) is 5.92 Å². The Morgan fingerprint density at radius 2 is 1.59 bits per heavy atom. The van der Waals surface area contributed by atoms with Crippen molar-refractivity contribution in [1.29, 1.82) is 0 Å². The van der Waals surface area contributed by atoms with Crippen LogP contribution in [0.1, 0.15) is 31.9 Å². The van der Waals surface area contributed by atoms with Gasteiger partial charge in [-0.2, -0.15) is 0 Å². The predicted octanol–water partition coefficient (Wildman–Crippen LogP) is 5.67. The number of benzene rings is 2. The smallest absolute Gasteiger partial charge is 0.0406 e. The van der Waals surface area contributed by atoms with Crippen LogP contribution in [0.3, 0.4) is 0 Å². The third-order valence-electron chi connectivity index (χ3n) is 4.52. The van der Waals surface area contributed by atoms with Crippen molar-refractivity contribution in [2.24, 2.45) is 5.92 Å². The van der Waals surface area contributed by atoms with E-state index in [1.807, 2.05) is 6.07 Å². The summed E-state index contributed by atoms with van der Waals surface area (Å²) in [6.07, 6.45) is 2.37. The summed E-state index contributed by atoms with van der Waals surface area (Å²) in [6, 6.07) is 19.1. The lowest BCUT2D eigenvalue weighted by atomic mass is 9.91. The number of allylic oxidation sites excluding steroid dienone is 4. The molecule has 2 aromatic rings. The number of hydrogen-bond donors (Lipinski definition) is 1. The molecule has 0 bridgehead atoms. The Morgan fingerprint density at radius 3 is 2.27 bits per heavy atom. The summed E-state index contributed by atoms with van der Waals surface area (Å²) in [5, 5.41) is 3.53. The Morgan fingerprint density at radius 1 is 0.909 bits per heavy atom. The van der Waals surface area contributed by atoms with Crippen LogP contribution in [-0.2, 0) is 6.54 Å². The van der Waals surface area contributed by atoms with E-state index < -0.39 is 0 Å². The summed E-state index contributed by atoms with van der Waals surface area (Å²) in [7, 11) is 0. The number of hydrogen-bond acceptors (Lipinski definition) is 1. The molecule has 112 valence electrons. The second-order valence-corrected chi connectivity index (χ2v) is 6.05. The highest BCUT2D eigenvalue weighted by atomic mass is 14.9. The van der Waals surface area contributed by atoms with Gasteiger partial charge in [0.1, 0.15) is 0 Å². The molecule has 1 atom stereocenters. The van der Waals surface area contributed by atoms with Gasteiger partial charge in [0.05, 0.1) is 0 Å². The molecule has 0 spiro atoms. The zero-order valence-electron chi connectivity index (χ0n) is 13.6. The fraction of sp³-hybridized carbons (Fsp3) is 0.238. The van der Waals surface area contributed by atoms with Crippen LogP contribution in [-0.4, -0.2) is 0 Å². The van der Waals surface area contributed by atoms with E-state index >= 15 is 0 Å². The van der Waals surface area contributed by atoms with E-state index in [2.05, 4.69) is 80.7 Å². The summed E-state index contributed by atoms with van der Waals surface area (Å²) < 4.78 is 0. The van der Waals surface area contributed by atoms with Crippen LogP contribution in [0.5, 0.6) is 0 Å². The van der Waals surface area contributed by atoms with E-state index in [9.17, 15) is 0 Å². The SMILES string of the molecule is CC1=CC(C)C(c2ccccc2CNc2ccccc2)=C1C. The molecule has 0 aromatic heterocycles. The molecule has 3 rings (SSSR count). The van der Waals surface area contributed by atoms with Crippen molar-refractivity contribution in [2.45, 2.75) is 27.3 Å². The largest absolute Gasteiger partial charge is 0.381 e. The van der Waals surface area contributed by atoms with E-state index in [1.54, 1.807) is 0 Å². The van der Waals surface area contributed by atoms with E-state index in [-0.39, 0.29) is 0 Å². The summed E-state index contributed by atoms with van der Waals surface area (Å²) in [4.78, 5) is 0. The molecule has 0 amide bonds. The first-order chi connectivity index (χ1) is 10.7. The standard InChI is InChI=1S/C21H23N/c1-15-13-16(2)21(17(15)3)20-12-8-7-9-18(20)14-22-19-10-5-4-6-11-19/h4-13,16,22H,14H2,1-3H3. The van der Waals surface area contributed by atoms with Gasteiger partial charge in [-0.1, -0.05) is 61.0 Å². The zero-order valence-corrected chi connectivity index (χ0v) is 13.6. The minimum Gasteiger partial charge on any atom is -0.381 e. The monoisotopic (exact) mass is 289 g/mol. The second-order valence-electron chi connectivity index (χ2n) is 6.05. The zero-order chi connectivity index (χ0) is 15.5. The number of para-hydroxylation sites is 1. The topological polar surface area (TPSA) is 12.0 Å². The van der Waals surface area contributed by atoms with Crippen molar-refractivity contribution in [3.05, 3.63) is 82.9 Å². The maximum Gasteiger partial charge on any atom is 0.0406 e. The second kappa shape index (κ2) is 6.23. The van der Waals surface area contributed by atoms with Gasteiger partial charge in [0.25, 0.3) is 0 Å². The van der Waals surface area contributed by atoms with Gasteiger partial charge in [-0.15, -0.1) is 0 Å². The third kappa shape index (κ3) is 2.85. The summed E-state index contributed by atoms with van der Waals surface area (Å²) >= 11 is 0. The first-order valence-electron chi connectivity index (χ1n) is 7.93. The average Bonchev–Trinajstić information content (AvgIpc) is 2.79. The number of rotatable bonds is 4. The van der Waals surface area contributed by atoms with Crippen molar-refractivity contribution >= 4 is 11.3 Å². The number of anilines is 1. The molecule has 22 heavy (non-hydrogen) atoms. The van der Waals surface area contributed by atoms with Gasteiger partial charge in [-0.25, -0.2) is 0 Å². The fourth-order valence-electron chi connectivity index (χ4n) is 3.28. The molecule has 0 fully saturated rings. The highest BCUT2D eigenvalue weighted by Gasteiger charge is 2.21. The van der Waals surface area contributed by atoms with Crippen LogP contribution in [0.2, 0.25) is 0 Å². The first kappa shape index (κ1) is 14.6. The average molecular weight is 289 g/mol. The van der Waals surface area contributed by atoms with Gasteiger partial charge in [0, 0.05) is 18.2 Å². The maximum absolute atomic E-state index is 3.53. The van der Waals surface area contributed by atoms with Crippen LogP contribution < -0.4 is 5.32 Å². The minimum absolute atomic E-state index is 0.498. The molecule has 1 aliphatic carbocycles. The highest BCUT2D eigenvalue weighted by Crippen LogP contribution is 2.38. The van der Waals surface area contributed by atoms with Gasteiger partial charge in [-0.05, 0) is 48.3 Å². The molecule has 1 aliphatic rings. The summed E-state index contributed by atoms with van der Waals surface area (Å²) in [5.41, 5.74) is 8.22. The van der Waals surface area contributed by atoms with Crippen molar-refractivity contribution in [2.75, 3.05) is 5.32 Å². The normalized spacial score (nSPS) is 17.6. The van der Waals surface area contributed by atoms with E-state index in [0.717, 1.165) is 12.2 Å². The number of nitrogens with one attached hydrogen (secondary N) is 1. The molecule has 0 heterocycles. The predicted molar refractivity (Wildman–Crippen MR) is 95.7 cm³/mol. The molecule has 0 radical (unpaired) electrons. The Bertz CT molecular complexity index is 723. The van der Waals surface area contributed by atoms with Crippen LogP contribution in [0.15, 0.2) is 71.8 Å². The van der Waals surface area contributed by atoms with Gasteiger partial charge in [-0.3, -0.25) is 0 Å². The Hall–Kier alpha value is -2.28. The van der Waals surface area contributed by atoms with Gasteiger partial charge >= 0.3 is 0 Å². The lowest BCUT2D eigenvalue weighted by Crippen LogP contribution is -2.04. The minimum atomic E-state index is 0.498. The van der Waals surface area contributed by atoms with Crippen molar-refractivity contribution in [1.82, 2.24) is 0 Å². The van der Waals surface area contributed by atoms with Crippen molar-refractivity contribution in [3.63, 3.8) is 0 Å². The highest BCUT2D eigenvalue weighted by molar-refractivity contribution is 5.79. The Kier molecular flexibility index (Phi) is 4.15. The maximum atomic E-state index is 3.53. The summed E-state index contributed by atoms with van der Waals surface area (Å²) in [6.45, 7) is 7.59. The van der Waals surface area contributed by atoms with E-state index in [1.165, 1.54) is 27.8 Å². The molecule has 1 unspecified atom stereocenters. The van der Waals surface area contributed by atoms with Crippen molar-refractivity contribution in [3.8, 4) is 0 Å². The van der Waals surface area contributed by atoms with Gasteiger partial charge < -0.3 is 5.32 Å². The van der Waals surface area contributed by atoms with Crippen LogP contribution in [0.4, 0.5) is 5.69 Å². The molecular weight excluding hydrogens is 266 g/mol. The Balaban J connectivity index is 1.88. The molecule has 0 aliphatic heterocycles. The van der Waals surface area contributed by atoms with Crippen LogP contribution in [0.25, 0.3) is 5.57 Å².